The first-order valence-corrected chi connectivity index (χ1v) is 3.21. The van der Waals surface area contributed by atoms with Crippen molar-refractivity contribution in [1.29, 1.82) is 0 Å². The molecule has 0 amide bonds. The SMILES string of the molecule is CCC[C@@H]1C/C1=C\O. The topological polar surface area (TPSA) is 20.2 Å². The summed E-state index contributed by atoms with van der Waals surface area (Å²) in [5.41, 5.74) is 1.24. The average Bonchev–Trinajstić information content (AvgIpc) is 2.48. The molecule has 0 radical (unpaired) electrons. The van der Waals surface area contributed by atoms with Crippen molar-refractivity contribution in [2.45, 2.75) is 26.2 Å². The molecule has 1 aliphatic rings. The lowest BCUT2D eigenvalue weighted by atomic mass is 10.2. The lowest BCUT2D eigenvalue weighted by Crippen LogP contribution is -1.70. The van der Waals surface area contributed by atoms with Gasteiger partial charge in [-0.15, -0.1) is 0 Å². The highest BCUT2D eigenvalue weighted by Crippen LogP contribution is 2.40. The van der Waals surface area contributed by atoms with E-state index in [1.54, 1.807) is 0 Å². The third-order valence-corrected chi connectivity index (χ3v) is 1.65. The maximum atomic E-state index is 8.44. The number of aliphatic hydroxyl groups excluding tert-OH is 1. The van der Waals surface area contributed by atoms with E-state index in [-0.39, 0.29) is 0 Å². The van der Waals surface area contributed by atoms with Gasteiger partial charge in [0, 0.05) is 0 Å². The Bertz CT molecular complexity index is 105. The summed E-state index contributed by atoms with van der Waals surface area (Å²) in [6, 6.07) is 0. The molecule has 46 valence electrons. The minimum absolute atomic E-state index is 0.741. The molecule has 0 aromatic heterocycles. The van der Waals surface area contributed by atoms with Gasteiger partial charge in [0.1, 0.15) is 0 Å². The summed E-state index contributed by atoms with van der Waals surface area (Å²) in [5.74, 6) is 0.741. The first-order chi connectivity index (χ1) is 3.88. The molecular formula is C7H12O. The summed E-state index contributed by atoms with van der Waals surface area (Å²) in [6.07, 6.45) is 4.90. The number of allylic oxidation sites excluding steroid dienone is 1. The Hall–Kier alpha value is -0.460. The molecule has 0 saturated heterocycles. The first-order valence-electron chi connectivity index (χ1n) is 3.21. The Morgan fingerprint density at radius 2 is 2.62 bits per heavy atom. The molecule has 0 heterocycles. The van der Waals surface area contributed by atoms with E-state index in [2.05, 4.69) is 6.92 Å². The molecule has 1 aliphatic carbocycles. The highest BCUT2D eigenvalue weighted by atomic mass is 16.2. The van der Waals surface area contributed by atoms with Gasteiger partial charge in [-0.2, -0.15) is 0 Å². The van der Waals surface area contributed by atoms with Crippen molar-refractivity contribution in [3.05, 3.63) is 11.8 Å². The molecule has 0 unspecified atom stereocenters. The van der Waals surface area contributed by atoms with Gasteiger partial charge in [0.15, 0.2) is 0 Å². The summed E-state index contributed by atoms with van der Waals surface area (Å²) < 4.78 is 0. The van der Waals surface area contributed by atoms with Crippen molar-refractivity contribution >= 4 is 0 Å². The molecule has 0 bridgehead atoms. The normalized spacial score (nSPS) is 31.1. The maximum Gasteiger partial charge on any atom is 0.0786 e. The predicted octanol–water partition coefficient (Wildman–Crippen LogP) is 2.25. The maximum absolute atomic E-state index is 8.44. The van der Waals surface area contributed by atoms with Crippen molar-refractivity contribution in [1.82, 2.24) is 0 Å². The third-order valence-electron chi connectivity index (χ3n) is 1.65. The van der Waals surface area contributed by atoms with Crippen LogP contribution in [0.1, 0.15) is 26.2 Å². The van der Waals surface area contributed by atoms with E-state index in [9.17, 15) is 0 Å². The Labute approximate surface area is 50.0 Å². The Morgan fingerprint density at radius 3 is 3.00 bits per heavy atom. The zero-order valence-electron chi connectivity index (χ0n) is 5.22. The van der Waals surface area contributed by atoms with Gasteiger partial charge < -0.3 is 5.11 Å². The molecule has 8 heavy (non-hydrogen) atoms. The van der Waals surface area contributed by atoms with E-state index in [0.29, 0.717) is 0 Å². The Kier molecular flexibility index (Phi) is 1.56. The summed E-state index contributed by atoms with van der Waals surface area (Å²) in [7, 11) is 0. The van der Waals surface area contributed by atoms with Crippen molar-refractivity contribution < 1.29 is 5.11 Å². The van der Waals surface area contributed by atoms with Gasteiger partial charge in [0.05, 0.1) is 6.26 Å². The molecule has 1 saturated carbocycles. The van der Waals surface area contributed by atoms with Crippen LogP contribution in [0.4, 0.5) is 0 Å². The van der Waals surface area contributed by atoms with Crippen LogP contribution in [-0.2, 0) is 0 Å². The molecule has 1 heteroatoms. The number of hydrogen-bond acceptors (Lipinski definition) is 1. The quantitative estimate of drug-likeness (QED) is 0.543. The van der Waals surface area contributed by atoms with Crippen molar-refractivity contribution in [2.24, 2.45) is 5.92 Å². The Balaban J connectivity index is 2.17. The van der Waals surface area contributed by atoms with E-state index >= 15 is 0 Å². The molecule has 0 aromatic carbocycles. The van der Waals surface area contributed by atoms with Gasteiger partial charge in [-0.3, -0.25) is 0 Å². The molecule has 0 aromatic rings. The number of rotatable bonds is 2. The van der Waals surface area contributed by atoms with Crippen molar-refractivity contribution in [3.63, 3.8) is 0 Å². The van der Waals surface area contributed by atoms with Crippen LogP contribution in [0.25, 0.3) is 0 Å². The van der Waals surface area contributed by atoms with Crippen LogP contribution in [-0.4, -0.2) is 5.11 Å². The summed E-state index contributed by atoms with van der Waals surface area (Å²) in [6.45, 7) is 2.17. The van der Waals surface area contributed by atoms with Crippen LogP contribution < -0.4 is 0 Å². The second-order valence-corrected chi connectivity index (χ2v) is 2.39. The van der Waals surface area contributed by atoms with Crippen LogP contribution in [0.2, 0.25) is 0 Å². The number of aliphatic hydroxyl groups is 1. The van der Waals surface area contributed by atoms with Gasteiger partial charge in [-0.1, -0.05) is 13.3 Å². The van der Waals surface area contributed by atoms with Crippen LogP contribution in [0.3, 0.4) is 0 Å². The molecule has 0 aliphatic heterocycles. The van der Waals surface area contributed by atoms with Crippen LogP contribution in [0.5, 0.6) is 0 Å². The van der Waals surface area contributed by atoms with E-state index in [4.69, 9.17) is 5.11 Å². The van der Waals surface area contributed by atoms with Crippen molar-refractivity contribution in [2.75, 3.05) is 0 Å². The lowest BCUT2D eigenvalue weighted by Gasteiger charge is -1.84. The monoisotopic (exact) mass is 112 g/mol. The average molecular weight is 112 g/mol. The van der Waals surface area contributed by atoms with E-state index in [1.807, 2.05) is 0 Å². The summed E-state index contributed by atoms with van der Waals surface area (Å²) in [5, 5.41) is 8.44. The molecule has 1 atom stereocenters. The second-order valence-electron chi connectivity index (χ2n) is 2.39. The zero-order chi connectivity index (χ0) is 5.98. The minimum Gasteiger partial charge on any atom is -0.516 e. The molecular weight excluding hydrogens is 100 g/mol. The van der Waals surface area contributed by atoms with E-state index in [1.165, 1.54) is 24.7 Å². The van der Waals surface area contributed by atoms with Gasteiger partial charge in [-0.25, -0.2) is 0 Å². The fraction of sp³-hybridized carbons (Fsp3) is 0.714. The zero-order valence-corrected chi connectivity index (χ0v) is 5.22. The van der Waals surface area contributed by atoms with Gasteiger partial charge >= 0.3 is 0 Å². The molecule has 1 nitrogen and oxygen atoms in total. The summed E-state index contributed by atoms with van der Waals surface area (Å²) >= 11 is 0. The highest BCUT2D eigenvalue weighted by molar-refractivity contribution is 5.20. The van der Waals surface area contributed by atoms with Crippen LogP contribution in [0, 0.1) is 5.92 Å². The fourth-order valence-corrected chi connectivity index (χ4v) is 1.02. The van der Waals surface area contributed by atoms with Crippen molar-refractivity contribution in [3.8, 4) is 0 Å². The predicted molar refractivity (Wildman–Crippen MR) is 33.7 cm³/mol. The smallest absolute Gasteiger partial charge is 0.0786 e. The van der Waals surface area contributed by atoms with Crippen LogP contribution in [0.15, 0.2) is 11.8 Å². The van der Waals surface area contributed by atoms with Gasteiger partial charge in [-0.05, 0) is 24.3 Å². The lowest BCUT2D eigenvalue weighted by molar-refractivity contribution is 0.469. The standard InChI is InChI=1S/C7H12O/c1-2-3-6-4-7(6)5-8/h5-6,8H,2-4H2,1H3/b7-5+/t6-/m1/s1. The molecule has 0 spiro atoms. The molecule has 1 fully saturated rings. The number of hydrogen-bond donors (Lipinski definition) is 1. The van der Waals surface area contributed by atoms with E-state index in [0.717, 1.165) is 12.3 Å². The first kappa shape index (κ1) is 5.67. The molecule has 1 N–H and O–H groups in total. The van der Waals surface area contributed by atoms with Crippen LogP contribution >= 0.6 is 0 Å². The fourth-order valence-electron chi connectivity index (χ4n) is 1.02. The second kappa shape index (κ2) is 2.21. The van der Waals surface area contributed by atoms with Gasteiger partial charge in [0.2, 0.25) is 0 Å². The Morgan fingerprint density at radius 1 is 1.88 bits per heavy atom. The third kappa shape index (κ3) is 1.03. The minimum atomic E-state index is 0.741. The van der Waals surface area contributed by atoms with Gasteiger partial charge in [0.25, 0.3) is 0 Å². The van der Waals surface area contributed by atoms with E-state index < -0.39 is 0 Å². The highest BCUT2D eigenvalue weighted by Gasteiger charge is 2.27. The largest absolute Gasteiger partial charge is 0.516 e. The summed E-state index contributed by atoms with van der Waals surface area (Å²) in [4.78, 5) is 0. The molecule has 1 rings (SSSR count).